The van der Waals surface area contributed by atoms with Gasteiger partial charge < -0.3 is 5.11 Å². The molecule has 13 heavy (non-hydrogen) atoms. The third-order valence-electron chi connectivity index (χ3n) is 2.76. The van der Waals surface area contributed by atoms with Gasteiger partial charge in [0.2, 0.25) is 0 Å². The Balaban J connectivity index is 2.42. The summed E-state index contributed by atoms with van der Waals surface area (Å²) in [5.74, 6) is 0.345. The van der Waals surface area contributed by atoms with Crippen molar-refractivity contribution in [3.8, 4) is 0 Å². The van der Waals surface area contributed by atoms with E-state index in [0.717, 1.165) is 19.3 Å². The SMILES string of the molecule is CC(C)C1=CCC(CC(=O)O)CC1. The monoisotopic (exact) mass is 182 g/mol. The van der Waals surface area contributed by atoms with E-state index in [1.165, 1.54) is 5.57 Å². The molecule has 0 aromatic carbocycles. The fourth-order valence-electron chi connectivity index (χ4n) is 1.87. The van der Waals surface area contributed by atoms with Crippen LogP contribution in [0.3, 0.4) is 0 Å². The molecular weight excluding hydrogens is 164 g/mol. The van der Waals surface area contributed by atoms with Gasteiger partial charge in [-0.2, -0.15) is 0 Å². The largest absolute Gasteiger partial charge is 0.481 e. The Bertz CT molecular complexity index is 216. The van der Waals surface area contributed by atoms with Gasteiger partial charge in [-0.1, -0.05) is 25.5 Å². The highest BCUT2D eigenvalue weighted by molar-refractivity contribution is 5.67. The average molecular weight is 182 g/mol. The zero-order valence-electron chi connectivity index (χ0n) is 8.42. The highest BCUT2D eigenvalue weighted by atomic mass is 16.4. The maximum Gasteiger partial charge on any atom is 0.303 e. The smallest absolute Gasteiger partial charge is 0.303 e. The number of carbonyl (C=O) groups is 1. The molecule has 0 radical (unpaired) electrons. The second kappa shape index (κ2) is 4.45. The zero-order valence-corrected chi connectivity index (χ0v) is 8.42. The second-order valence-corrected chi connectivity index (χ2v) is 4.17. The van der Waals surface area contributed by atoms with Crippen molar-refractivity contribution in [1.82, 2.24) is 0 Å². The van der Waals surface area contributed by atoms with Gasteiger partial charge in [0, 0.05) is 6.42 Å². The summed E-state index contributed by atoms with van der Waals surface area (Å²) in [5.41, 5.74) is 1.50. The van der Waals surface area contributed by atoms with E-state index in [1.807, 2.05) is 0 Å². The molecule has 0 aliphatic heterocycles. The van der Waals surface area contributed by atoms with Crippen molar-refractivity contribution in [1.29, 1.82) is 0 Å². The van der Waals surface area contributed by atoms with Crippen LogP contribution in [0.2, 0.25) is 0 Å². The first-order chi connectivity index (χ1) is 6.09. The van der Waals surface area contributed by atoms with Gasteiger partial charge in [0.05, 0.1) is 0 Å². The Morgan fingerprint density at radius 3 is 2.77 bits per heavy atom. The van der Waals surface area contributed by atoms with E-state index in [-0.39, 0.29) is 0 Å². The molecule has 74 valence electrons. The topological polar surface area (TPSA) is 37.3 Å². The van der Waals surface area contributed by atoms with Crippen molar-refractivity contribution in [2.75, 3.05) is 0 Å². The molecule has 0 saturated heterocycles. The highest BCUT2D eigenvalue weighted by Crippen LogP contribution is 2.29. The van der Waals surface area contributed by atoms with Crippen LogP contribution in [-0.4, -0.2) is 11.1 Å². The van der Waals surface area contributed by atoms with Crippen molar-refractivity contribution in [2.45, 2.75) is 39.5 Å². The predicted octanol–water partition coefficient (Wildman–Crippen LogP) is 2.84. The molecule has 0 heterocycles. The summed E-state index contributed by atoms with van der Waals surface area (Å²) >= 11 is 0. The summed E-state index contributed by atoms with van der Waals surface area (Å²) in [7, 11) is 0. The number of carboxylic acids is 1. The van der Waals surface area contributed by atoms with Crippen LogP contribution in [0.25, 0.3) is 0 Å². The van der Waals surface area contributed by atoms with Crippen LogP contribution in [0.1, 0.15) is 39.5 Å². The molecule has 0 aromatic rings. The van der Waals surface area contributed by atoms with Gasteiger partial charge in [-0.05, 0) is 31.1 Å². The Hall–Kier alpha value is -0.790. The Labute approximate surface area is 79.6 Å². The van der Waals surface area contributed by atoms with Gasteiger partial charge in [0.15, 0.2) is 0 Å². The van der Waals surface area contributed by atoms with Gasteiger partial charge >= 0.3 is 5.97 Å². The Morgan fingerprint density at radius 2 is 2.38 bits per heavy atom. The van der Waals surface area contributed by atoms with Crippen LogP contribution >= 0.6 is 0 Å². The molecule has 1 atom stereocenters. The lowest BCUT2D eigenvalue weighted by molar-refractivity contribution is -0.138. The van der Waals surface area contributed by atoms with Crippen molar-refractivity contribution < 1.29 is 9.90 Å². The summed E-state index contributed by atoms with van der Waals surface area (Å²) in [6.07, 6.45) is 5.68. The van der Waals surface area contributed by atoms with Gasteiger partial charge in [-0.25, -0.2) is 0 Å². The van der Waals surface area contributed by atoms with Crippen LogP contribution in [-0.2, 0) is 4.79 Å². The average Bonchev–Trinajstić information content (AvgIpc) is 2.04. The number of carboxylic acid groups (broad SMARTS) is 1. The number of aliphatic carboxylic acids is 1. The highest BCUT2D eigenvalue weighted by Gasteiger charge is 2.18. The first-order valence-corrected chi connectivity index (χ1v) is 5.00. The molecule has 0 spiro atoms. The molecular formula is C11H18O2. The van der Waals surface area contributed by atoms with Crippen molar-refractivity contribution in [3.63, 3.8) is 0 Å². The van der Waals surface area contributed by atoms with E-state index in [4.69, 9.17) is 5.11 Å². The number of hydrogen-bond donors (Lipinski definition) is 1. The molecule has 1 aliphatic rings. The molecule has 0 amide bonds. The molecule has 1 unspecified atom stereocenters. The van der Waals surface area contributed by atoms with Gasteiger partial charge in [0.1, 0.15) is 0 Å². The normalized spacial score (nSPS) is 23.0. The second-order valence-electron chi connectivity index (χ2n) is 4.17. The molecule has 0 bridgehead atoms. The van der Waals surface area contributed by atoms with Crippen LogP contribution in [0.4, 0.5) is 0 Å². The van der Waals surface area contributed by atoms with E-state index in [1.54, 1.807) is 0 Å². The van der Waals surface area contributed by atoms with Gasteiger partial charge in [0.25, 0.3) is 0 Å². The molecule has 0 fully saturated rings. The summed E-state index contributed by atoms with van der Waals surface area (Å²) in [6.45, 7) is 4.40. The van der Waals surface area contributed by atoms with Crippen LogP contribution in [0.15, 0.2) is 11.6 Å². The minimum atomic E-state index is -0.661. The van der Waals surface area contributed by atoms with E-state index in [9.17, 15) is 4.79 Å². The van der Waals surface area contributed by atoms with E-state index in [0.29, 0.717) is 18.3 Å². The standard InChI is InChI=1S/C11H18O2/c1-8(2)10-5-3-9(4-6-10)7-11(12)13/h5,8-9H,3-4,6-7H2,1-2H3,(H,12,13). The van der Waals surface area contributed by atoms with Gasteiger partial charge in [-0.3, -0.25) is 4.79 Å². The first-order valence-electron chi connectivity index (χ1n) is 5.00. The lowest BCUT2D eigenvalue weighted by Crippen LogP contribution is -2.12. The number of rotatable bonds is 3. The fraction of sp³-hybridized carbons (Fsp3) is 0.727. The minimum Gasteiger partial charge on any atom is -0.481 e. The van der Waals surface area contributed by atoms with E-state index < -0.39 is 5.97 Å². The number of hydrogen-bond acceptors (Lipinski definition) is 1. The van der Waals surface area contributed by atoms with E-state index >= 15 is 0 Å². The quantitative estimate of drug-likeness (QED) is 0.681. The molecule has 2 heteroatoms. The molecule has 1 rings (SSSR count). The van der Waals surface area contributed by atoms with Crippen molar-refractivity contribution in [2.24, 2.45) is 11.8 Å². The van der Waals surface area contributed by atoms with Crippen molar-refractivity contribution in [3.05, 3.63) is 11.6 Å². The van der Waals surface area contributed by atoms with Crippen LogP contribution in [0.5, 0.6) is 0 Å². The van der Waals surface area contributed by atoms with Gasteiger partial charge in [-0.15, -0.1) is 0 Å². The molecule has 2 nitrogen and oxygen atoms in total. The summed E-state index contributed by atoms with van der Waals surface area (Å²) in [5, 5.41) is 8.62. The summed E-state index contributed by atoms with van der Waals surface area (Å²) in [4.78, 5) is 10.5. The maximum atomic E-state index is 10.5. The Morgan fingerprint density at radius 1 is 1.69 bits per heavy atom. The first kappa shape index (κ1) is 10.3. The zero-order chi connectivity index (χ0) is 9.84. The van der Waals surface area contributed by atoms with Crippen LogP contribution < -0.4 is 0 Å². The third kappa shape index (κ3) is 3.21. The lowest BCUT2D eigenvalue weighted by atomic mass is 9.84. The molecule has 0 aromatic heterocycles. The minimum absolute atomic E-state index is 0.335. The van der Waals surface area contributed by atoms with E-state index in [2.05, 4.69) is 19.9 Å². The molecule has 1 N–H and O–H groups in total. The predicted molar refractivity (Wildman–Crippen MR) is 52.5 cm³/mol. The summed E-state index contributed by atoms with van der Waals surface area (Å²) < 4.78 is 0. The Kier molecular flexibility index (Phi) is 3.52. The molecule has 1 aliphatic carbocycles. The van der Waals surface area contributed by atoms with Crippen LogP contribution in [0, 0.1) is 11.8 Å². The maximum absolute atomic E-state index is 10.5. The summed E-state index contributed by atoms with van der Waals surface area (Å²) in [6, 6.07) is 0. The number of allylic oxidation sites excluding steroid dienone is 2. The van der Waals surface area contributed by atoms with Crippen molar-refractivity contribution >= 4 is 5.97 Å². The lowest BCUT2D eigenvalue weighted by Gasteiger charge is -2.22. The fourth-order valence-corrected chi connectivity index (χ4v) is 1.87. The third-order valence-corrected chi connectivity index (χ3v) is 2.76. The molecule has 0 saturated carbocycles.